The third-order valence-electron chi connectivity index (χ3n) is 6.47. The van der Waals surface area contributed by atoms with Gasteiger partial charge in [0.15, 0.2) is 0 Å². The molecule has 4 nitrogen and oxygen atoms in total. The molecule has 0 amide bonds. The van der Waals surface area contributed by atoms with Gasteiger partial charge in [-0.3, -0.25) is 4.90 Å². The van der Waals surface area contributed by atoms with E-state index in [9.17, 15) is 5.11 Å². The maximum atomic E-state index is 9.22. The van der Waals surface area contributed by atoms with Crippen LogP contribution in [0.2, 0.25) is 0 Å². The van der Waals surface area contributed by atoms with Crippen LogP contribution < -0.4 is 10.6 Å². The van der Waals surface area contributed by atoms with Crippen LogP contribution in [0.25, 0.3) is 16.7 Å². The predicted octanol–water partition coefficient (Wildman–Crippen LogP) is 3.85. The molecule has 0 spiro atoms. The Kier molecular flexibility index (Phi) is 5.01. The summed E-state index contributed by atoms with van der Waals surface area (Å²) in [5.41, 5.74) is 7.72. The van der Waals surface area contributed by atoms with Crippen molar-refractivity contribution in [2.45, 2.75) is 18.9 Å². The largest absolute Gasteiger partial charge is 0.462 e. The number of hydrogen-bond acceptors (Lipinski definition) is 4. The Balaban J connectivity index is 1.40. The molecule has 2 heterocycles. The Morgan fingerprint density at radius 3 is 2.62 bits per heavy atom. The highest BCUT2D eigenvalue weighted by Crippen LogP contribution is 2.42. The summed E-state index contributed by atoms with van der Waals surface area (Å²) in [6, 6.07) is 15.4. The van der Waals surface area contributed by atoms with Gasteiger partial charge in [-0.2, -0.15) is 0 Å². The lowest BCUT2D eigenvalue weighted by Gasteiger charge is -2.32. The number of aliphatic hydroxyl groups excluding tert-OH is 1. The van der Waals surface area contributed by atoms with Gasteiger partial charge < -0.3 is 15.7 Å². The molecule has 1 aliphatic carbocycles. The maximum absolute atomic E-state index is 9.22. The van der Waals surface area contributed by atoms with Crippen molar-refractivity contribution in [2.24, 2.45) is 5.92 Å². The van der Waals surface area contributed by atoms with Gasteiger partial charge in [-0.1, -0.05) is 42.5 Å². The lowest BCUT2D eigenvalue weighted by molar-refractivity contribution is 0.208. The highest BCUT2D eigenvalue weighted by molar-refractivity contribution is 5.84. The molecule has 0 aromatic heterocycles. The number of rotatable bonds is 3. The Morgan fingerprint density at radius 2 is 1.83 bits per heavy atom. The van der Waals surface area contributed by atoms with Gasteiger partial charge in [0.25, 0.3) is 0 Å². The molecule has 3 aliphatic rings. The van der Waals surface area contributed by atoms with Gasteiger partial charge in [0, 0.05) is 49.9 Å². The molecule has 5 rings (SSSR count). The molecule has 1 fully saturated rings. The summed E-state index contributed by atoms with van der Waals surface area (Å²) in [6.45, 7) is 4.85. The van der Waals surface area contributed by atoms with Crippen LogP contribution in [-0.4, -0.2) is 42.7 Å². The number of fused-ring (bicyclic) bond motifs is 3. The molecule has 0 radical (unpaired) electrons. The van der Waals surface area contributed by atoms with E-state index < -0.39 is 0 Å². The van der Waals surface area contributed by atoms with E-state index in [4.69, 9.17) is 0 Å². The summed E-state index contributed by atoms with van der Waals surface area (Å²) in [7, 11) is 0. The first-order chi connectivity index (χ1) is 14.3. The SMILES string of the molecule is OC#CC(c1ccc(-c2ccc3c(c2)NCC2CCC=C32)cc1)N1CCNCC1. The Hall–Kier alpha value is -2.74. The van der Waals surface area contributed by atoms with E-state index >= 15 is 0 Å². The van der Waals surface area contributed by atoms with Crippen molar-refractivity contribution < 1.29 is 5.11 Å². The van der Waals surface area contributed by atoms with E-state index in [1.54, 1.807) is 0 Å². The second kappa shape index (κ2) is 7.94. The molecule has 3 N–H and O–H groups in total. The summed E-state index contributed by atoms with van der Waals surface area (Å²) >= 11 is 0. The average Bonchev–Trinajstić information content (AvgIpc) is 3.27. The number of benzene rings is 2. The number of piperazine rings is 1. The molecule has 29 heavy (non-hydrogen) atoms. The first kappa shape index (κ1) is 18.3. The molecule has 2 aromatic rings. The molecule has 2 aliphatic heterocycles. The number of aliphatic hydroxyl groups is 1. The van der Waals surface area contributed by atoms with Crippen LogP contribution in [0.4, 0.5) is 5.69 Å². The zero-order valence-electron chi connectivity index (χ0n) is 16.6. The molecular formula is C25H27N3O. The molecule has 0 saturated carbocycles. The van der Waals surface area contributed by atoms with Gasteiger partial charge in [-0.05, 0) is 47.1 Å². The fraction of sp³-hybridized carbons (Fsp3) is 0.360. The number of allylic oxidation sites excluding steroid dienone is 1. The quantitative estimate of drug-likeness (QED) is 0.703. The zero-order chi connectivity index (χ0) is 19.6. The van der Waals surface area contributed by atoms with Crippen LogP contribution in [-0.2, 0) is 0 Å². The summed E-state index contributed by atoms with van der Waals surface area (Å²) in [5.74, 6) is 3.66. The van der Waals surface area contributed by atoms with E-state index in [0.29, 0.717) is 5.92 Å². The van der Waals surface area contributed by atoms with Crippen molar-refractivity contribution in [3.63, 3.8) is 0 Å². The number of hydrogen-bond donors (Lipinski definition) is 3. The Bertz CT molecular complexity index is 977. The van der Waals surface area contributed by atoms with Crippen LogP contribution in [0.15, 0.2) is 48.5 Å². The van der Waals surface area contributed by atoms with Crippen molar-refractivity contribution in [2.75, 3.05) is 38.0 Å². The summed E-state index contributed by atoms with van der Waals surface area (Å²) in [4.78, 5) is 2.32. The fourth-order valence-corrected chi connectivity index (χ4v) is 4.90. The third-order valence-corrected chi connectivity index (χ3v) is 6.47. The second-order valence-electron chi connectivity index (χ2n) is 8.14. The van der Waals surface area contributed by atoms with Crippen LogP contribution in [0.3, 0.4) is 0 Å². The molecule has 1 saturated heterocycles. The van der Waals surface area contributed by atoms with Gasteiger partial charge in [-0.15, -0.1) is 0 Å². The predicted molar refractivity (Wildman–Crippen MR) is 118 cm³/mol. The highest BCUT2D eigenvalue weighted by Gasteiger charge is 2.26. The molecule has 2 unspecified atom stereocenters. The standard InChI is InChI=1S/C25H27N3O/c29-15-10-25(28-13-11-26-12-14-28)19-6-4-18(5-7-19)20-8-9-23-22-3-1-2-21(22)17-27-24(23)16-20/h3-9,16,21,25-27,29H,1-2,11-14,17H2. The van der Waals surface area contributed by atoms with Crippen LogP contribution in [0, 0.1) is 17.9 Å². The summed E-state index contributed by atoms with van der Waals surface area (Å²) in [5, 5.41) is 16.2. The number of nitrogens with one attached hydrogen (secondary N) is 2. The van der Waals surface area contributed by atoms with Crippen LogP contribution >= 0.6 is 0 Å². The minimum absolute atomic E-state index is 0.0624. The van der Waals surface area contributed by atoms with Gasteiger partial charge in [0.2, 0.25) is 0 Å². The number of anilines is 1. The van der Waals surface area contributed by atoms with Gasteiger partial charge in [-0.25, -0.2) is 0 Å². The van der Waals surface area contributed by atoms with Crippen molar-refractivity contribution in [3.8, 4) is 23.2 Å². The van der Waals surface area contributed by atoms with Crippen molar-refractivity contribution in [1.29, 1.82) is 0 Å². The van der Waals surface area contributed by atoms with Crippen molar-refractivity contribution in [3.05, 3.63) is 59.7 Å². The minimum Gasteiger partial charge on any atom is -0.462 e. The Labute approximate surface area is 172 Å². The van der Waals surface area contributed by atoms with Crippen molar-refractivity contribution in [1.82, 2.24) is 10.2 Å². The van der Waals surface area contributed by atoms with Gasteiger partial charge >= 0.3 is 0 Å². The third kappa shape index (κ3) is 3.53. The Morgan fingerprint density at radius 1 is 1.03 bits per heavy atom. The first-order valence-electron chi connectivity index (χ1n) is 10.6. The molecule has 2 atom stereocenters. The van der Waals surface area contributed by atoms with Crippen LogP contribution in [0.1, 0.15) is 30.0 Å². The van der Waals surface area contributed by atoms with Gasteiger partial charge in [0.05, 0.1) is 0 Å². The molecular weight excluding hydrogens is 358 g/mol. The highest BCUT2D eigenvalue weighted by atomic mass is 16.2. The molecule has 4 heteroatoms. The topological polar surface area (TPSA) is 47.5 Å². The summed E-state index contributed by atoms with van der Waals surface area (Å²) < 4.78 is 0. The number of nitrogens with zero attached hydrogens (tertiary/aromatic N) is 1. The second-order valence-corrected chi connectivity index (χ2v) is 8.14. The summed E-state index contributed by atoms with van der Waals surface area (Å²) in [6.07, 6.45) is 7.03. The smallest absolute Gasteiger partial charge is 0.109 e. The van der Waals surface area contributed by atoms with E-state index in [1.165, 1.54) is 40.8 Å². The average molecular weight is 386 g/mol. The van der Waals surface area contributed by atoms with E-state index in [0.717, 1.165) is 38.3 Å². The lowest BCUT2D eigenvalue weighted by atomic mass is 9.88. The lowest BCUT2D eigenvalue weighted by Crippen LogP contribution is -2.44. The van der Waals surface area contributed by atoms with E-state index in [1.807, 2.05) is 0 Å². The monoisotopic (exact) mass is 385 g/mol. The molecule has 0 bridgehead atoms. The first-order valence-corrected chi connectivity index (χ1v) is 10.6. The molecule has 148 valence electrons. The minimum atomic E-state index is -0.0624. The fourth-order valence-electron chi connectivity index (χ4n) is 4.90. The van der Waals surface area contributed by atoms with Gasteiger partial charge in [0.1, 0.15) is 12.1 Å². The maximum Gasteiger partial charge on any atom is 0.109 e. The van der Waals surface area contributed by atoms with Crippen molar-refractivity contribution >= 4 is 11.3 Å². The van der Waals surface area contributed by atoms with E-state index in [-0.39, 0.29) is 6.04 Å². The van der Waals surface area contributed by atoms with Crippen LogP contribution in [0.5, 0.6) is 0 Å². The normalized spacial score (nSPS) is 21.8. The zero-order valence-corrected chi connectivity index (χ0v) is 16.6. The molecule has 2 aromatic carbocycles. The van der Waals surface area contributed by atoms with E-state index in [2.05, 4.69) is 76.1 Å².